The Balaban J connectivity index is 2.31. The Morgan fingerprint density at radius 3 is 2.58 bits per heavy atom. The summed E-state index contributed by atoms with van der Waals surface area (Å²) < 4.78 is 10.4. The minimum atomic E-state index is -0.0466. The van der Waals surface area contributed by atoms with E-state index < -0.39 is 0 Å². The number of para-hydroxylation sites is 1. The highest BCUT2D eigenvalue weighted by Gasteiger charge is 2.12. The summed E-state index contributed by atoms with van der Waals surface area (Å²) in [6, 6.07) is 9.37. The molecule has 0 bridgehead atoms. The molecule has 0 radical (unpaired) electrons. The van der Waals surface area contributed by atoms with Crippen molar-refractivity contribution in [1.29, 1.82) is 0 Å². The normalized spacial score (nSPS) is 10.2. The average Bonchev–Trinajstić information content (AvgIpc) is 2.44. The van der Waals surface area contributed by atoms with Gasteiger partial charge in [-0.25, -0.2) is 0 Å². The van der Waals surface area contributed by atoms with Crippen molar-refractivity contribution < 1.29 is 19.4 Å². The van der Waals surface area contributed by atoms with Crippen LogP contribution in [0, 0.1) is 0 Å². The summed E-state index contributed by atoms with van der Waals surface area (Å²) in [5.74, 6) is 0.711. The molecule has 0 heterocycles. The predicted octanol–water partition coefficient (Wildman–Crippen LogP) is 0.923. The van der Waals surface area contributed by atoms with Gasteiger partial charge in [-0.3, -0.25) is 4.79 Å². The van der Waals surface area contributed by atoms with Crippen molar-refractivity contribution in [3.8, 4) is 5.75 Å². The van der Waals surface area contributed by atoms with Gasteiger partial charge in [0.15, 0.2) is 0 Å². The molecule has 5 heteroatoms. The van der Waals surface area contributed by atoms with Gasteiger partial charge in [0.2, 0.25) is 5.91 Å². The van der Waals surface area contributed by atoms with Crippen molar-refractivity contribution in [2.45, 2.75) is 6.42 Å². The highest BCUT2D eigenvalue weighted by molar-refractivity contribution is 5.76. The summed E-state index contributed by atoms with van der Waals surface area (Å²) >= 11 is 0. The Hall–Kier alpha value is -1.59. The molecule has 1 N–H and O–H groups in total. The van der Waals surface area contributed by atoms with E-state index in [2.05, 4.69) is 0 Å². The first-order chi connectivity index (χ1) is 9.27. The second kappa shape index (κ2) is 9.35. The summed E-state index contributed by atoms with van der Waals surface area (Å²) in [5.41, 5.74) is 0. The average molecular weight is 267 g/mol. The van der Waals surface area contributed by atoms with Crippen LogP contribution in [-0.4, -0.2) is 55.9 Å². The molecule has 1 aromatic rings. The Bertz CT molecular complexity index is 356. The van der Waals surface area contributed by atoms with E-state index in [9.17, 15) is 4.79 Å². The van der Waals surface area contributed by atoms with Crippen LogP contribution in [0.15, 0.2) is 30.3 Å². The number of nitrogens with zero attached hydrogens (tertiary/aromatic N) is 1. The molecule has 0 saturated heterocycles. The lowest BCUT2D eigenvalue weighted by Gasteiger charge is -2.21. The lowest BCUT2D eigenvalue weighted by atomic mass is 10.3. The number of aliphatic hydroxyl groups excluding tert-OH is 1. The van der Waals surface area contributed by atoms with E-state index in [1.54, 1.807) is 12.0 Å². The van der Waals surface area contributed by atoms with Gasteiger partial charge in [0, 0.05) is 20.2 Å². The van der Waals surface area contributed by atoms with Crippen LogP contribution in [-0.2, 0) is 9.53 Å². The molecule has 0 atom stereocenters. The summed E-state index contributed by atoms with van der Waals surface area (Å²) in [5, 5.41) is 8.92. The van der Waals surface area contributed by atoms with Gasteiger partial charge in [0.25, 0.3) is 0 Å². The Kier molecular flexibility index (Phi) is 7.62. The first-order valence-electron chi connectivity index (χ1n) is 6.33. The number of aliphatic hydroxyl groups is 1. The second-order valence-electron chi connectivity index (χ2n) is 4.01. The molecule has 0 aliphatic carbocycles. The number of hydrogen-bond acceptors (Lipinski definition) is 4. The van der Waals surface area contributed by atoms with Gasteiger partial charge in [-0.1, -0.05) is 18.2 Å². The van der Waals surface area contributed by atoms with Crippen LogP contribution in [0.4, 0.5) is 0 Å². The molecular formula is C14H21NO4. The highest BCUT2D eigenvalue weighted by Crippen LogP contribution is 2.08. The Labute approximate surface area is 113 Å². The van der Waals surface area contributed by atoms with Crippen LogP contribution in [0.3, 0.4) is 0 Å². The van der Waals surface area contributed by atoms with Crippen LogP contribution < -0.4 is 4.74 Å². The van der Waals surface area contributed by atoms with Gasteiger partial charge in [0.05, 0.1) is 26.2 Å². The fraction of sp³-hybridized carbons (Fsp3) is 0.500. The van der Waals surface area contributed by atoms with E-state index in [0.29, 0.717) is 32.7 Å². The SMILES string of the molecule is COCCN(CCO)C(=O)CCOc1ccccc1. The third-order valence-electron chi connectivity index (χ3n) is 2.62. The fourth-order valence-corrected chi connectivity index (χ4v) is 1.61. The molecule has 19 heavy (non-hydrogen) atoms. The van der Waals surface area contributed by atoms with Gasteiger partial charge in [-0.05, 0) is 12.1 Å². The van der Waals surface area contributed by atoms with E-state index in [0.717, 1.165) is 5.75 Å². The van der Waals surface area contributed by atoms with Crippen molar-refractivity contribution in [1.82, 2.24) is 4.90 Å². The van der Waals surface area contributed by atoms with Gasteiger partial charge in [-0.15, -0.1) is 0 Å². The molecule has 0 aromatic heterocycles. The number of rotatable bonds is 9. The summed E-state index contributed by atoms with van der Waals surface area (Å²) in [7, 11) is 1.58. The van der Waals surface area contributed by atoms with Crippen LogP contribution in [0.1, 0.15) is 6.42 Å². The summed E-state index contributed by atoms with van der Waals surface area (Å²) in [6.45, 7) is 1.56. The van der Waals surface area contributed by atoms with Crippen molar-refractivity contribution in [2.24, 2.45) is 0 Å². The zero-order valence-corrected chi connectivity index (χ0v) is 11.2. The summed E-state index contributed by atoms with van der Waals surface area (Å²) in [4.78, 5) is 13.5. The van der Waals surface area contributed by atoms with Crippen LogP contribution in [0.2, 0.25) is 0 Å². The molecule has 1 rings (SSSR count). The first kappa shape index (κ1) is 15.5. The molecule has 0 saturated carbocycles. The van der Waals surface area contributed by atoms with Crippen LogP contribution in [0.5, 0.6) is 5.75 Å². The number of hydrogen-bond donors (Lipinski definition) is 1. The van der Waals surface area contributed by atoms with Gasteiger partial charge < -0.3 is 19.5 Å². The predicted molar refractivity (Wildman–Crippen MR) is 72.1 cm³/mol. The molecular weight excluding hydrogens is 246 g/mol. The fourth-order valence-electron chi connectivity index (χ4n) is 1.61. The van der Waals surface area contributed by atoms with Crippen molar-refractivity contribution in [2.75, 3.05) is 40.0 Å². The molecule has 0 fully saturated rings. The first-order valence-corrected chi connectivity index (χ1v) is 6.33. The monoisotopic (exact) mass is 267 g/mol. The number of methoxy groups -OCH3 is 1. The topological polar surface area (TPSA) is 59.0 Å². The summed E-state index contributed by atoms with van der Waals surface area (Å²) in [6.07, 6.45) is 0.290. The Morgan fingerprint density at radius 2 is 1.95 bits per heavy atom. The largest absolute Gasteiger partial charge is 0.493 e. The van der Waals surface area contributed by atoms with Crippen LogP contribution >= 0.6 is 0 Å². The molecule has 0 aliphatic rings. The number of amides is 1. The minimum Gasteiger partial charge on any atom is -0.493 e. The van der Waals surface area contributed by atoms with Gasteiger partial charge in [-0.2, -0.15) is 0 Å². The number of carbonyl (C=O) groups excluding carboxylic acids is 1. The third-order valence-corrected chi connectivity index (χ3v) is 2.62. The quantitative estimate of drug-likeness (QED) is 0.723. The molecule has 0 unspecified atom stereocenters. The smallest absolute Gasteiger partial charge is 0.226 e. The number of carbonyl (C=O) groups is 1. The molecule has 1 amide bonds. The molecule has 106 valence electrons. The maximum atomic E-state index is 11.9. The van der Waals surface area contributed by atoms with Gasteiger partial charge in [0.1, 0.15) is 5.75 Å². The number of benzene rings is 1. The maximum absolute atomic E-state index is 11.9. The standard InChI is InChI=1S/C14H21NO4/c1-18-12-9-15(8-10-16)14(17)7-11-19-13-5-3-2-4-6-13/h2-6,16H,7-12H2,1H3. The highest BCUT2D eigenvalue weighted by atomic mass is 16.5. The van der Waals surface area contributed by atoms with Crippen molar-refractivity contribution in [3.63, 3.8) is 0 Å². The zero-order chi connectivity index (χ0) is 13.9. The second-order valence-corrected chi connectivity index (χ2v) is 4.01. The molecule has 1 aromatic carbocycles. The lowest BCUT2D eigenvalue weighted by molar-refractivity contribution is -0.132. The van der Waals surface area contributed by atoms with Crippen LogP contribution in [0.25, 0.3) is 0 Å². The molecule has 5 nitrogen and oxygen atoms in total. The number of ether oxygens (including phenoxy) is 2. The van der Waals surface area contributed by atoms with E-state index in [1.807, 2.05) is 30.3 Å². The van der Waals surface area contributed by atoms with E-state index in [-0.39, 0.29) is 12.5 Å². The minimum absolute atomic E-state index is 0.0398. The van der Waals surface area contributed by atoms with E-state index >= 15 is 0 Å². The third kappa shape index (κ3) is 6.22. The maximum Gasteiger partial charge on any atom is 0.226 e. The van der Waals surface area contributed by atoms with Gasteiger partial charge >= 0.3 is 0 Å². The zero-order valence-electron chi connectivity index (χ0n) is 11.2. The van der Waals surface area contributed by atoms with E-state index in [1.165, 1.54) is 0 Å². The lowest BCUT2D eigenvalue weighted by Crippen LogP contribution is -2.36. The van der Waals surface area contributed by atoms with Crippen molar-refractivity contribution in [3.05, 3.63) is 30.3 Å². The van der Waals surface area contributed by atoms with Crippen molar-refractivity contribution >= 4 is 5.91 Å². The van der Waals surface area contributed by atoms with E-state index in [4.69, 9.17) is 14.6 Å². The molecule has 0 aliphatic heterocycles. The molecule has 0 spiro atoms. The Morgan fingerprint density at radius 1 is 1.21 bits per heavy atom.